The maximum atomic E-state index is 12.2. The van der Waals surface area contributed by atoms with Crippen LogP contribution in [-0.4, -0.2) is 50.7 Å². The number of nitrogens with two attached hydrogens (primary N) is 1. The van der Waals surface area contributed by atoms with Gasteiger partial charge < -0.3 is 10.6 Å². The molecule has 0 aromatic rings. The molecular formula is C12H23N3O3S. The van der Waals surface area contributed by atoms with Gasteiger partial charge >= 0.3 is 0 Å². The number of carbonyl (C=O) groups excluding carboxylic acids is 1. The van der Waals surface area contributed by atoms with Crippen molar-refractivity contribution in [2.45, 2.75) is 44.2 Å². The molecule has 7 heteroatoms. The van der Waals surface area contributed by atoms with E-state index in [0.717, 1.165) is 25.5 Å². The van der Waals surface area contributed by atoms with Crippen molar-refractivity contribution in [2.24, 2.45) is 11.7 Å². The Morgan fingerprint density at radius 1 is 1.37 bits per heavy atom. The first-order valence-electron chi connectivity index (χ1n) is 6.86. The molecule has 0 bridgehead atoms. The molecule has 3 atom stereocenters. The summed E-state index contributed by atoms with van der Waals surface area (Å²) in [6.45, 7) is 1.11. The number of hydrogen-bond acceptors (Lipinski definition) is 4. The maximum absolute atomic E-state index is 12.2. The Balaban J connectivity index is 1.81. The van der Waals surface area contributed by atoms with Crippen molar-refractivity contribution in [1.82, 2.24) is 9.62 Å². The zero-order valence-electron chi connectivity index (χ0n) is 11.3. The van der Waals surface area contributed by atoms with E-state index in [1.807, 2.05) is 0 Å². The summed E-state index contributed by atoms with van der Waals surface area (Å²) in [7, 11) is -3.20. The minimum Gasteiger partial charge on any atom is -0.341 e. The van der Waals surface area contributed by atoms with Crippen LogP contribution in [0.15, 0.2) is 0 Å². The van der Waals surface area contributed by atoms with Crippen LogP contribution >= 0.6 is 0 Å². The number of carbonyl (C=O) groups is 1. The second-order valence-corrected chi connectivity index (χ2v) is 7.55. The van der Waals surface area contributed by atoms with Crippen LogP contribution in [0, 0.1) is 5.92 Å². The van der Waals surface area contributed by atoms with Crippen molar-refractivity contribution in [3.8, 4) is 0 Å². The van der Waals surface area contributed by atoms with Gasteiger partial charge in [-0.25, -0.2) is 13.1 Å². The summed E-state index contributed by atoms with van der Waals surface area (Å²) >= 11 is 0. The highest BCUT2D eigenvalue weighted by Gasteiger charge is 2.32. The van der Waals surface area contributed by atoms with Gasteiger partial charge in [0.1, 0.15) is 0 Å². The van der Waals surface area contributed by atoms with Crippen LogP contribution in [0.2, 0.25) is 0 Å². The lowest BCUT2D eigenvalue weighted by molar-refractivity contribution is -0.131. The fraction of sp³-hybridized carbons (Fsp3) is 0.917. The molecule has 1 aliphatic heterocycles. The predicted octanol–water partition coefficient (Wildman–Crippen LogP) is -0.346. The quantitative estimate of drug-likeness (QED) is 0.740. The Morgan fingerprint density at radius 3 is 2.68 bits per heavy atom. The number of amides is 1. The minimum absolute atomic E-state index is 0.111. The molecule has 2 aliphatic rings. The van der Waals surface area contributed by atoms with Gasteiger partial charge in [-0.3, -0.25) is 4.79 Å². The van der Waals surface area contributed by atoms with Crippen LogP contribution in [0.4, 0.5) is 0 Å². The molecule has 1 heterocycles. The van der Waals surface area contributed by atoms with Crippen molar-refractivity contribution in [3.63, 3.8) is 0 Å². The van der Waals surface area contributed by atoms with Gasteiger partial charge in [0, 0.05) is 31.6 Å². The molecule has 0 radical (unpaired) electrons. The van der Waals surface area contributed by atoms with E-state index in [4.69, 9.17) is 5.73 Å². The van der Waals surface area contributed by atoms with Crippen LogP contribution < -0.4 is 10.5 Å². The van der Waals surface area contributed by atoms with Gasteiger partial charge in [0.05, 0.1) is 6.26 Å². The zero-order chi connectivity index (χ0) is 14.0. The van der Waals surface area contributed by atoms with E-state index in [-0.39, 0.29) is 18.0 Å². The van der Waals surface area contributed by atoms with E-state index in [1.165, 1.54) is 0 Å². The summed E-state index contributed by atoms with van der Waals surface area (Å²) in [6, 6.07) is 0.00713. The SMILES string of the molecule is CS(=O)(=O)NC1CCN(C(=O)C[C@@H]2CCC[C@H]2N)C1. The molecule has 1 unspecified atom stereocenters. The minimum atomic E-state index is -3.20. The fourth-order valence-corrected chi connectivity index (χ4v) is 3.86. The Bertz CT molecular complexity index is 438. The average molecular weight is 289 g/mol. The van der Waals surface area contributed by atoms with Crippen LogP contribution in [0.5, 0.6) is 0 Å². The van der Waals surface area contributed by atoms with Crippen molar-refractivity contribution in [3.05, 3.63) is 0 Å². The molecule has 1 saturated heterocycles. The first-order valence-corrected chi connectivity index (χ1v) is 8.75. The molecular weight excluding hydrogens is 266 g/mol. The van der Waals surface area contributed by atoms with Crippen LogP contribution in [0.1, 0.15) is 32.1 Å². The van der Waals surface area contributed by atoms with E-state index in [2.05, 4.69) is 4.72 Å². The second kappa shape index (κ2) is 5.76. The lowest BCUT2D eigenvalue weighted by atomic mass is 9.99. The van der Waals surface area contributed by atoms with Gasteiger partial charge in [-0.1, -0.05) is 6.42 Å². The van der Waals surface area contributed by atoms with Crippen molar-refractivity contribution in [2.75, 3.05) is 19.3 Å². The smallest absolute Gasteiger partial charge is 0.222 e. The zero-order valence-corrected chi connectivity index (χ0v) is 12.2. The highest BCUT2D eigenvalue weighted by atomic mass is 32.2. The topological polar surface area (TPSA) is 92.5 Å². The van der Waals surface area contributed by atoms with Crippen LogP contribution in [0.3, 0.4) is 0 Å². The summed E-state index contributed by atoms with van der Waals surface area (Å²) in [5.41, 5.74) is 5.97. The van der Waals surface area contributed by atoms with E-state index in [1.54, 1.807) is 4.90 Å². The average Bonchev–Trinajstić information content (AvgIpc) is 2.87. The largest absolute Gasteiger partial charge is 0.341 e. The van der Waals surface area contributed by atoms with Gasteiger partial charge in [-0.2, -0.15) is 0 Å². The number of rotatable bonds is 4. The molecule has 1 amide bonds. The number of sulfonamides is 1. The molecule has 2 fully saturated rings. The van der Waals surface area contributed by atoms with E-state index < -0.39 is 10.0 Å². The molecule has 2 rings (SSSR count). The lowest BCUT2D eigenvalue weighted by Crippen LogP contribution is -2.39. The van der Waals surface area contributed by atoms with Gasteiger partial charge in [0.25, 0.3) is 0 Å². The standard InChI is InChI=1S/C12H23N3O3S/c1-19(17,18)14-10-5-6-15(8-10)12(16)7-9-3-2-4-11(9)13/h9-11,14H,2-8,13H2,1H3/t9-,10?,11+/m0/s1. The van der Waals surface area contributed by atoms with Gasteiger partial charge in [-0.05, 0) is 25.2 Å². The molecule has 0 spiro atoms. The Hall–Kier alpha value is -0.660. The molecule has 1 aliphatic carbocycles. The molecule has 0 aromatic heterocycles. The summed E-state index contributed by atoms with van der Waals surface area (Å²) < 4.78 is 24.9. The number of hydrogen-bond donors (Lipinski definition) is 2. The van der Waals surface area contributed by atoms with Gasteiger partial charge in [0.15, 0.2) is 0 Å². The second-order valence-electron chi connectivity index (χ2n) is 5.77. The van der Waals surface area contributed by atoms with Gasteiger partial charge in [0.2, 0.25) is 15.9 Å². The summed E-state index contributed by atoms with van der Waals surface area (Å²) in [5, 5.41) is 0. The third-order valence-corrected chi connectivity index (χ3v) is 4.84. The maximum Gasteiger partial charge on any atom is 0.222 e. The first kappa shape index (κ1) is 14.7. The normalized spacial score (nSPS) is 31.9. The van der Waals surface area contributed by atoms with E-state index >= 15 is 0 Å². The predicted molar refractivity (Wildman–Crippen MR) is 72.9 cm³/mol. The number of nitrogens with one attached hydrogen (secondary N) is 1. The Morgan fingerprint density at radius 2 is 2.11 bits per heavy atom. The lowest BCUT2D eigenvalue weighted by Gasteiger charge is -2.21. The molecule has 19 heavy (non-hydrogen) atoms. The van der Waals surface area contributed by atoms with Crippen LogP contribution in [-0.2, 0) is 14.8 Å². The third kappa shape index (κ3) is 4.15. The van der Waals surface area contributed by atoms with Crippen LogP contribution in [0.25, 0.3) is 0 Å². The van der Waals surface area contributed by atoms with Crippen molar-refractivity contribution in [1.29, 1.82) is 0 Å². The van der Waals surface area contributed by atoms with E-state index in [0.29, 0.717) is 31.8 Å². The van der Waals surface area contributed by atoms with Crippen molar-refractivity contribution < 1.29 is 13.2 Å². The number of likely N-dealkylation sites (tertiary alicyclic amines) is 1. The van der Waals surface area contributed by atoms with Crippen molar-refractivity contribution >= 4 is 15.9 Å². The Kier molecular flexibility index (Phi) is 4.47. The molecule has 6 nitrogen and oxygen atoms in total. The molecule has 110 valence electrons. The van der Waals surface area contributed by atoms with Gasteiger partial charge in [-0.15, -0.1) is 0 Å². The first-order chi connectivity index (χ1) is 8.85. The van der Waals surface area contributed by atoms with E-state index in [9.17, 15) is 13.2 Å². The molecule has 1 saturated carbocycles. The Labute approximate surface area is 114 Å². The fourth-order valence-electron chi connectivity index (χ4n) is 3.06. The highest BCUT2D eigenvalue weighted by molar-refractivity contribution is 7.88. The molecule has 3 N–H and O–H groups in total. The monoisotopic (exact) mass is 289 g/mol. The molecule has 0 aromatic carbocycles. The summed E-state index contributed by atoms with van der Waals surface area (Å²) in [5.74, 6) is 0.412. The highest BCUT2D eigenvalue weighted by Crippen LogP contribution is 2.28. The number of nitrogens with zero attached hydrogens (tertiary/aromatic N) is 1. The summed E-state index contributed by atoms with van der Waals surface area (Å²) in [4.78, 5) is 13.9. The third-order valence-electron chi connectivity index (χ3n) is 4.08. The summed E-state index contributed by atoms with van der Waals surface area (Å²) in [6.07, 6.45) is 5.50.